The molecule has 0 aliphatic rings. The van der Waals surface area contributed by atoms with E-state index in [0.29, 0.717) is 5.69 Å². The summed E-state index contributed by atoms with van der Waals surface area (Å²) in [5, 5.41) is 13.4. The monoisotopic (exact) mass is 359 g/mol. The van der Waals surface area contributed by atoms with Gasteiger partial charge in [-0.3, -0.25) is 9.59 Å². The Kier molecular flexibility index (Phi) is 7.13. The Balaban J connectivity index is 1.71. The molecule has 1 aromatic carbocycles. The summed E-state index contributed by atoms with van der Waals surface area (Å²) in [6, 6.07) is 7.82. The molecule has 0 saturated carbocycles. The number of carbonyl (C=O) groups excluding carboxylic acids is 2. The van der Waals surface area contributed by atoms with Crippen LogP contribution in [0.1, 0.15) is 31.5 Å². The van der Waals surface area contributed by atoms with Crippen molar-refractivity contribution in [2.45, 2.75) is 46.4 Å². The fourth-order valence-corrected chi connectivity index (χ4v) is 2.26. The summed E-state index contributed by atoms with van der Waals surface area (Å²) in [6.45, 7) is 6.39. The molecule has 1 heterocycles. The van der Waals surface area contributed by atoms with Crippen LogP contribution in [0.25, 0.3) is 0 Å². The van der Waals surface area contributed by atoms with E-state index in [2.05, 4.69) is 20.9 Å². The summed E-state index contributed by atoms with van der Waals surface area (Å²) in [5.41, 5.74) is 1.75. The van der Waals surface area contributed by atoms with E-state index in [-0.39, 0.29) is 44.0 Å². The maximum absolute atomic E-state index is 11.9. The Labute approximate surface area is 152 Å². The highest BCUT2D eigenvalue weighted by molar-refractivity contribution is 5.78. The summed E-state index contributed by atoms with van der Waals surface area (Å²) in [4.78, 5) is 23.4. The van der Waals surface area contributed by atoms with Gasteiger partial charge in [-0.25, -0.2) is 4.68 Å². The molecule has 0 unspecified atom stereocenters. The summed E-state index contributed by atoms with van der Waals surface area (Å²) in [7, 11) is 0. The van der Waals surface area contributed by atoms with Crippen LogP contribution < -0.4 is 15.4 Å². The van der Waals surface area contributed by atoms with Crippen molar-refractivity contribution in [1.29, 1.82) is 0 Å². The molecule has 26 heavy (non-hydrogen) atoms. The van der Waals surface area contributed by atoms with Crippen LogP contribution in [0.5, 0.6) is 5.75 Å². The molecule has 8 nitrogen and oxygen atoms in total. The van der Waals surface area contributed by atoms with Crippen molar-refractivity contribution in [3.63, 3.8) is 0 Å². The number of aromatic nitrogens is 3. The quantitative estimate of drug-likeness (QED) is 0.701. The lowest BCUT2D eigenvalue weighted by molar-refractivity contribution is -0.123. The van der Waals surface area contributed by atoms with Gasteiger partial charge >= 0.3 is 0 Å². The maximum Gasteiger partial charge on any atom is 0.241 e. The number of carbonyl (C=O) groups is 2. The molecule has 0 saturated heterocycles. The van der Waals surface area contributed by atoms with Crippen molar-refractivity contribution in [2.75, 3.05) is 6.54 Å². The van der Waals surface area contributed by atoms with Crippen molar-refractivity contribution in [1.82, 2.24) is 25.6 Å². The van der Waals surface area contributed by atoms with Crippen LogP contribution in [-0.4, -0.2) is 39.4 Å². The number of hydrogen-bond acceptors (Lipinski definition) is 5. The van der Waals surface area contributed by atoms with Gasteiger partial charge in [0, 0.05) is 19.0 Å². The molecule has 2 rings (SSSR count). The van der Waals surface area contributed by atoms with E-state index >= 15 is 0 Å². The highest BCUT2D eigenvalue weighted by Crippen LogP contribution is 2.13. The van der Waals surface area contributed by atoms with Crippen molar-refractivity contribution in [2.24, 2.45) is 0 Å². The highest BCUT2D eigenvalue weighted by atomic mass is 16.5. The van der Waals surface area contributed by atoms with Crippen molar-refractivity contribution in [3.05, 3.63) is 41.7 Å². The standard InChI is InChI=1S/C18H25N5O3/c1-13(2)20-17(24)7-8-19-18(25)11-23-10-15(21-22-23)12-26-16-6-4-5-14(3)9-16/h4-6,9-10,13H,7-8,11-12H2,1-3H3,(H,19,25)(H,20,24). The van der Waals surface area contributed by atoms with Gasteiger partial charge in [-0.2, -0.15) is 0 Å². The molecule has 0 aliphatic heterocycles. The first-order chi connectivity index (χ1) is 12.4. The zero-order chi connectivity index (χ0) is 18.9. The predicted molar refractivity (Wildman–Crippen MR) is 96.4 cm³/mol. The van der Waals surface area contributed by atoms with Gasteiger partial charge in [-0.15, -0.1) is 5.10 Å². The SMILES string of the molecule is Cc1cccc(OCc2cn(CC(=O)NCCC(=O)NC(C)C)nn2)c1. The lowest BCUT2D eigenvalue weighted by Crippen LogP contribution is -2.35. The number of nitrogens with zero attached hydrogens (tertiary/aromatic N) is 3. The molecule has 0 atom stereocenters. The van der Waals surface area contributed by atoms with Gasteiger partial charge < -0.3 is 15.4 Å². The van der Waals surface area contributed by atoms with Crippen molar-refractivity contribution >= 4 is 11.8 Å². The Hall–Kier alpha value is -2.90. The third-order valence-corrected chi connectivity index (χ3v) is 3.39. The normalized spacial score (nSPS) is 10.6. The van der Waals surface area contributed by atoms with E-state index in [0.717, 1.165) is 11.3 Å². The first kappa shape index (κ1) is 19.4. The Morgan fingerprint density at radius 1 is 1.27 bits per heavy atom. The zero-order valence-corrected chi connectivity index (χ0v) is 15.4. The van der Waals surface area contributed by atoms with Gasteiger partial charge in [0.2, 0.25) is 11.8 Å². The molecule has 2 aromatic rings. The molecule has 0 radical (unpaired) electrons. The summed E-state index contributed by atoms with van der Waals surface area (Å²) in [5.74, 6) is 0.451. The Morgan fingerprint density at radius 3 is 2.81 bits per heavy atom. The topological polar surface area (TPSA) is 98.1 Å². The van der Waals surface area contributed by atoms with Gasteiger partial charge in [0.25, 0.3) is 0 Å². The van der Waals surface area contributed by atoms with Gasteiger partial charge in [0.05, 0.1) is 6.20 Å². The lowest BCUT2D eigenvalue weighted by Gasteiger charge is -2.08. The summed E-state index contributed by atoms with van der Waals surface area (Å²) >= 11 is 0. The van der Waals surface area contributed by atoms with Crippen LogP contribution in [0.2, 0.25) is 0 Å². The fraction of sp³-hybridized carbons (Fsp3) is 0.444. The highest BCUT2D eigenvalue weighted by Gasteiger charge is 2.08. The molecule has 1 aromatic heterocycles. The Bertz CT molecular complexity index is 742. The number of nitrogens with one attached hydrogen (secondary N) is 2. The molecular weight excluding hydrogens is 334 g/mol. The van der Waals surface area contributed by atoms with Crippen molar-refractivity contribution in [3.8, 4) is 5.75 Å². The van der Waals surface area contributed by atoms with Gasteiger partial charge in [0.1, 0.15) is 24.6 Å². The first-order valence-electron chi connectivity index (χ1n) is 8.57. The number of benzene rings is 1. The fourth-order valence-electron chi connectivity index (χ4n) is 2.26. The number of ether oxygens (including phenoxy) is 1. The minimum absolute atomic E-state index is 0.0449. The smallest absolute Gasteiger partial charge is 0.241 e. The average Bonchev–Trinajstić information content (AvgIpc) is 2.99. The summed E-state index contributed by atoms with van der Waals surface area (Å²) < 4.78 is 7.10. The van der Waals surface area contributed by atoms with Gasteiger partial charge in [0.15, 0.2) is 0 Å². The second kappa shape index (κ2) is 9.55. The third kappa shape index (κ3) is 6.92. The second-order valence-electron chi connectivity index (χ2n) is 6.33. The number of hydrogen-bond donors (Lipinski definition) is 2. The molecular formula is C18H25N5O3. The molecule has 2 N–H and O–H groups in total. The van der Waals surface area contributed by atoms with Gasteiger partial charge in [-0.05, 0) is 38.5 Å². The molecule has 2 amide bonds. The van der Waals surface area contributed by atoms with Crippen LogP contribution >= 0.6 is 0 Å². The summed E-state index contributed by atoms with van der Waals surface area (Å²) in [6.07, 6.45) is 1.91. The zero-order valence-electron chi connectivity index (χ0n) is 15.4. The number of rotatable bonds is 9. The first-order valence-corrected chi connectivity index (χ1v) is 8.57. The van der Waals surface area contributed by atoms with Crippen LogP contribution in [-0.2, 0) is 22.7 Å². The second-order valence-corrected chi connectivity index (χ2v) is 6.33. The molecule has 140 valence electrons. The van der Waals surface area contributed by atoms with E-state index < -0.39 is 0 Å². The average molecular weight is 359 g/mol. The Morgan fingerprint density at radius 2 is 2.08 bits per heavy atom. The molecule has 0 fully saturated rings. The van der Waals surface area contributed by atoms with E-state index in [9.17, 15) is 9.59 Å². The van der Waals surface area contributed by atoms with Crippen LogP contribution in [0.3, 0.4) is 0 Å². The van der Waals surface area contributed by atoms with E-state index in [1.165, 1.54) is 4.68 Å². The minimum Gasteiger partial charge on any atom is -0.487 e. The molecule has 0 aliphatic carbocycles. The molecule has 0 spiro atoms. The predicted octanol–water partition coefficient (Wildman–Crippen LogP) is 1.20. The van der Waals surface area contributed by atoms with Crippen LogP contribution in [0.4, 0.5) is 0 Å². The lowest BCUT2D eigenvalue weighted by atomic mass is 10.2. The molecule has 8 heteroatoms. The van der Waals surface area contributed by atoms with Crippen LogP contribution in [0.15, 0.2) is 30.5 Å². The maximum atomic E-state index is 11.9. The van der Waals surface area contributed by atoms with Crippen molar-refractivity contribution < 1.29 is 14.3 Å². The van der Waals surface area contributed by atoms with Gasteiger partial charge in [-0.1, -0.05) is 17.3 Å². The van der Waals surface area contributed by atoms with Crippen LogP contribution in [0, 0.1) is 6.92 Å². The van der Waals surface area contributed by atoms with E-state index in [1.807, 2.05) is 45.0 Å². The number of amides is 2. The van der Waals surface area contributed by atoms with E-state index in [4.69, 9.17) is 4.74 Å². The third-order valence-electron chi connectivity index (χ3n) is 3.39. The molecule has 0 bridgehead atoms. The minimum atomic E-state index is -0.224. The largest absolute Gasteiger partial charge is 0.487 e. The number of aryl methyl sites for hydroxylation is 1. The van der Waals surface area contributed by atoms with E-state index in [1.54, 1.807) is 6.20 Å².